The van der Waals surface area contributed by atoms with Gasteiger partial charge >= 0.3 is 23.9 Å². The van der Waals surface area contributed by atoms with Gasteiger partial charge < -0.3 is 18.9 Å². The Kier molecular flexibility index (Phi) is 7.31. The molecular weight excluding hydrogens is 456 g/mol. The Balaban J connectivity index is 1.71. The van der Waals surface area contributed by atoms with Crippen LogP contribution in [0.2, 0.25) is 5.02 Å². The van der Waals surface area contributed by atoms with Gasteiger partial charge in [0.25, 0.3) is 0 Å². The molecule has 168 valence electrons. The molecule has 0 aliphatic rings. The molecule has 33 heavy (non-hydrogen) atoms. The summed E-state index contributed by atoms with van der Waals surface area (Å²) < 4.78 is 19.5. The van der Waals surface area contributed by atoms with Crippen LogP contribution in [0.4, 0.5) is 0 Å². The Morgan fingerprint density at radius 1 is 0.667 bits per heavy atom. The molecule has 3 aromatic rings. The number of aromatic nitrogens is 2. The number of hydrogen-bond donors (Lipinski definition) is 0. The van der Waals surface area contributed by atoms with Gasteiger partial charge in [-0.3, -0.25) is 0 Å². The maximum Gasteiger partial charge on any atom is 0.362 e. The van der Waals surface area contributed by atoms with Crippen molar-refractivity contribution in [2.24, 2.45) is 0 Å². The second kappa shape index (κ2) is 10.3. The molecule has 2 aromatic heterocycles. The van der Waals surface area contributed by atoms with E-state index in [0.29, 0.717) is 0 Å². The summed E-state index contributed by atoms with van der Waals surface area (Å²) in [4.78, 5) is 55.6. The minimum absolute atomic E-state index is 0.0300. The maximum atomic E-state index is 12.4. The smallest absolute Gasteiger partial charge is 0.362 e. The van der Waals surface area contributed by atoms with Crippen molar-refractivity contribution in [3.63, 3.8) is 0 Å². The van der Waals surface area contributed by atoms with Crippen LogP contribution in [0, 0.1) is 0 Å². The third kappa shape index (κ3) is 5.69. The first-order chi connectivity index (χ1) is 15.8. The van der Waals surface area contributed by atoms with Crippen LogP contribution in [0.5, 0.6) is 11.5 Å². The highest BCUT2D eigenvalue weighted by Crippen LogP contribution is 2.29. The minimum atomic E-state index is -0.865. The zero-order valence-corrected chi connectivity index (χ0v) is 18.0. The molecule has 0 N–H and O–H groups in total. The number of carbonyl (C=O) groups is 4. The molecule has 3 rings (SSSR count). The SMILES string of the molecule is COC(=O)c1cccc(C(=O)Oc2ccc(OC(=O)c3cccc(C(=O)OC)n3)c(Cl)c2)n1. The molecule has 0 atom stereocenters. The largest absolute Gasteiger partial charge is 0.464 e. The van der Waals surface area contributed by atoms with Gasteiger partial charge in [-0.2, -0.15) is 0 Å². The average molecular weight is 471 g/mol. The predicted octanol–water partition coefficient (Wildman–Crippen LogP) is 3.14. The molecule has 11 heteroatoms. The number of hydrogen-bond acceptors (Lipinski definition) is 10. The number of nitrogens with zero attached hydrogens (tertiary/aromatic N) is 2. The van der Waals surface area contributed by atoms with Crippen molar-refractivity contribution in [1.29, 1.82) is 0 Å². The van der Waals surface area contributed by atoms with Gasteiger partial charge in [-0.15, -0.1) is 0 Å². The Morgan fingerprint density at radius 3 is 1.58 bits per heavy atom. The van der Waals surface area contributed by atoms with Crippen molar-refractivity contribution >= 4 is 35.5 Å². The fraction of sp³-hybridized carbons (Fsp3) is 0.0909. The van der Waals surface area contributed by atoms with Crippen LogP contribution in [0.25, 0.3) is 0 Å². The summed E-state index contributed by atoms with van der Waals surface area (Å²) in [7, 11) is 2.38. The lowest BCUT2D eigenvalue weighted by atomic mass is 10.3. The molecule has 0 aliphatic carbocycles. The Labute approximate surface area is 192 Å². The highest BCUT2D eigenvalue weighted by Gasteiger charge is 2.18. The zero-order chi connectivity index (χ0) is 24.0. The standard InChI is InChI=1S/C22H15ClN2O8/c1-30-19(26)14-5-3-7-16(24-14)21(28)32-12-9-10-18(13(23)11-12)33-22(29)17-8-4-6-15(25-17)20(27)31-2/h3-11H,1-2H3. The van der Waals surface area contributed by atoms with E-state index in [1.54, 1.807) is 0 Å². The van der Waals surface area contributed by atoms with E-state index in [2.05, 4.69) is 19.4 Å². The van der Waals surface area contributed by atoms with Crippen molar-refractivity contribution < 1.29 is 38.1 Å². The summed E-state index contributed by atoms with van der Waals surface area (Å²) in [5.74, 6) is -3.11. The molecule has 0 aliphatic heterocycles. The Morgan fingerprint density at radius 2 is 1.12 bits per heavy atom. The van der Waals surface area contributed by atoms with Crippen molar-refractivity contribution in [3.05, 3.63) is 82.4 Å². The summed E-state index contributed by atoms with van der Waals surface area (Å²) >= 11 is 6.14. The van der Waals surface area contributed by atoms with Gasteiger partial charge in [0, 0.05) is 6.07 Å². The number of carbonyl (C=O) groups excluding carboxylic acids is 4. The number of methoxy groups -OCH3 is 2. The number of ether oxygens (including phenoxy) is 4. The zero-order valence-electron chi connectivity index (χ0n) is 17.2. The summed E-state index contributed by atoms with van der Waals surface area (Å²) in [6.45, 7) is 0. The van der Waals surface area contributed by atoms with Gasteiger partial charge in [0.15, 0.2) is 0 Å². The lowest BCUT2D eigenvalue weighted by Gasteiger charge is -2.09. The molecule has 0 saturated carbocycles. The lowest BCUT2D eigenvalue weighted by Crippen LogP contribution is -2.14. The van der Waals surface area contributed by atoms with Crippen LogP contribution < -0.4 is 9.47 Å². The first-order valence-electron chi connectivity index (χ1n) is 9.17. The number of rotatable bonds is 6. The molecule has 0 saturated heterocycles. The van der Waals surface area contributed by atoms with E-state index in [1.807, 2.05) is 0 Å². The van der Waals surface area contributed by atoms with Crippen molar-refractivity contribution in [2.45, 2.75) is 0 Å². The van der Waals surface area contributed by atoms with E-state index in [0.717, 1.165) is 0 Å². The van der Waals surface area contributed by atoms with Crippen molar-refractivity contribution in [1.82, 2.24) is 9.97 Å². The molecule has 0 amide bonds. The van der Waals surface area contributed by atoms with Gasteiger partial charge in [-0.25, -0.2) is 29.1 Å². The summed E-state index contributed by atoms with van der Waals surface area (Å²) in [6.07, 6.45) is 0. The highest BCUT2D eigenvalue weighted by atomic mass is 35.5. The molecule has 1 aromatic carbocycles. The summed E-state index contributed by atoms with van der Waals surface area (Å²) in [5.41, 5.74) is -0.385. The predicted molar refractivity (Wildman–Crippen MR) is 113 cm³/mol. The van der Waals surface area contributed by atoms with Gasteiger partial charge in [0.05, 0.1) is 19.2 Å². The van der Waals surface area contributed by atoms with E-state index in [1.165, 1.54) is 68.8 Å². The average Bonchev–Trinajstić information content (AvgIpc) is 2.84. The summed E-state index contributed by atoms with van der Waals surface area (Å²) in [5, 5.41) is -0.0333. The van der Waals surface area contributed by atoms with Crippen LogP contribution in [-0.4, -0.2) is 48.1 Å². The Hall–Kier alpha value is -4.31. The molecule has 0 radical (unpaired) electrons. The molecule has 0 fully saturated rings. The third-order valence-electron chi connectivity index (χ3n) is 4.02. The van der Waals surface area contributed by atoms with Crippen LogP contribution in [-0.2, 0) is 9.47 Å². The molecular formula is C22H15ClN2O8. The van der Waals surface area contributed by atoms with E-state index in [-0.39, 0.29) is 39.3 Å². The van der Waals surface area contributed by atoms with E-state index in [9.17, 15) is 19.2 Å². The Bertz CT molecular complexity index is 1240. The number of halogens is 1. The number of pyridine rings is 2. The first kappa shape index (κ1) is 23.4. The van der Waals surface area contributed by atoms with E-state index < -0.39 is 23.9 Å². The van der Waals surface area contributed by atoms with Gasteiger partial charge in [0.1, 0.15) is 34.3 Å². The minimum Gasteiger partial charge on any atom is -0.464 e. The van der Waals surface area contributed by atoms with Crippen LogP contribution in [0.3, 0.4) is 0 Å². The monoisotopic (exact) mass is 470 g/mol. The van der Waals surface area contributed by atoms with Gasteiger partial charge in [-0.1, -0.05) is 23.7 Å². The van der Waals surface area contributed by atoms with Gasteiger partial charge in [0.2, 0.25) is 0 Å². The fourth-order valence-corrected chi connectivity index (χ4v) is 2.68. The number of esters is 4. The maximum absolute atomic E-state index is 12.4. The topological polar surface area (TPSA) is 131 Å². The second-order valence-corrected chi connectivity index (χ2v) is 6.58. The first-order valence-corrected chi connectivity index (χ1v) is 9.55. The van der Waals surface area contributed by atoms with Crippen molar-refractivity contribution in [3.8, 4) is 11.5 Å². The molecule has 0 bridgehead atoms. The lowest BCUT2D eigenvalue weighted by molar-refractivity contribution is 0.0583. The molecule has 0 spiro atoms. The quantitative estimate of drug-likeness (QED) is 0.391. The second-order valence-electron chi connectivity index (χ2n) is 6.17. The molecule has 10 nitrogen and oxygen atoms in total. The number of benzene rings is 1. The van der Waals surface area contributed by atoms with E-state index >= 15 is 0 Å². The van der Waals surface area contributed by atoms with Gasteiger partial charge in [-0.05, 0) is 36.4 Å². The highest BCUT2D eigenvalue weighted by molar-refractivity contribution is 6.32. The van der Waals surface area contributed by atoms with Crippen LogP contribution in [0.1, 0.15) is 42.0 Å². The molecule has 0 unspecified atom stereocenters. The van der Waals surface area contributed by atoms with Crippen molar-refractivity contribution in [2.75, 3.05) is 14.2 Å². The van der Waals surface area contributed by atoms with E-state index in [4.69, 9.17) is 21.1 Å². The summed E-state index contributed by atoms with van der Waals surface area (Å²) in [6, 6.07) is 12.3. The van der Waals surface area contributed by atoms with Crippen LogP contribution in [0.15, 0.2) is 54.6 Å². The molecule has 2 heterocycles. The fourth-order valence-electron chi connectivity index (χ4n) is 2.47. The van der Waals surface area contributed by atoms with Crippen LogP contribution >= 0.6 is 11.6 Å². The normalized spacial score (nSPS) is 10.2. The third-order valence-corrected chi connectivity index (χ3v) is 4.32.